The lowest BCUT2D eigenvalue weighted by atomic mass is 10.1. The van der Waals surface area contributed by atoms with Crippen molar-refractivity contribution in [2.45, 2.75) is 20.4 Å². The smallest absolute Gasteiger partial charge is 0.352 e. The van der Waals surface area contributed by atoms with Gasteiger partial charge in [-0.05, 0) is 37.6 Å². The lowest BCUT2D eigenvalue weighted by Crippen LogP contribution is -2.11. The van der Waals surface area contributed by atoms with Gasteiger partial charge >= 0.3 is 5.97 Å². The van der Waals surface area contributed by atoms with Gasteiger partial charge in [0, 0.05) is 17.4 Å². The molecular formula is C14H17NO4. The Labute approximate surface area is 111 Å². The molecule has 0 aliphatic carbocycles. The molecule has 0 saturated heterocycles. The summed E-state index contributed by atoms with van der Waals surface area (Å²) >= 11 is 0. The molecule has 1 heterocycles. The number of carboxylic acids is 1. The summed E-state index contributed by atoms with van der Waals surface area (Å²) < 4.78 is 7.06. The second-order valence-electron chi connectivity index (χ2n) is 4.27. The topological polar surface area (TPSA) is 71.7 Å². The minimum Gasteiger partial charge on any atom is -0.494 e. The predicted octanol–water partition coefficient (Wildman–Crippen LogP) is 2.04. The summed E-state index contributed by atoms with van der Waals surface area (Å²) in [5.41, 5.74) is 1.71. The van der Waals surface area contributed by atoms with Gasteiger partial charge in [-0.1, -0.05) is 0 Å². The number of fused-ring (bicyclic) bond motifs is 1. The van der Waals surface area contributed by atoms with Gasteiger partial charge in [0.1, 0.15) is 11.4 Å². The molecule has 5 heteroatoms. The zero-order valence-electron chi connectivity index (χ0n) is 11.0. The normalized spacial score (nSPS) is 10.9. The van der Waals surface area contributed by atoms with Gasteiger partial charge in [-0.2, -0.15) is 0 Å². The number of aliphatic hydroxyl groups excluding tert-OH is 1. The quantitative estimate of drug-likeness (QED) is 0.866. The zero-order valence-corrected chi connectivity index (χ0v) is 11.0. The molecular weight excluding hydrogens is 246 g/mol. The fourth-order valence-corrected chi connectivity index (χ4v) is 2.37. The van der Waals surface area contributed by atoms with Crippen molar-refractivity contribution in [2.75, 3.05) is 13.2 Å². The first kappa shape index (κ1) is 13.4. The number of hydrogen-bond donors (Lipinski definition) is 2. The number of carbonyl (C=O) groups is 1. The second-order valence-corrected chi connectivity index (χ2v) is 4.27. The molecule has 0 saturated carbocycles. The maximum atomic E-state index is 11.4. The number of nitrogens with zero attached hydrogens (tertiary/aromatic N) is 1. The first-order valence-electron chi connectivity index (χ1n) is 6.20. The van der Waals surface area contributed by atoms with Crippen LogP contribution < -0.4 is 4.74 Å². The Hall–Kier alpha value is -2.01. The van der Waals surface area contributed by atoms with E-state index in [1.54, 1.807) is 11.5 Å². The lowest BCUT2D eigenvalue weighted by Gasteiger charge is -2.07. The van der Waals surface area contributed by atoms with Crippen molar-refractivity contribution in [3.05, 3.63) is 29.5 Å². The molecule has 0 radical (unpaired) electrons. The van der Waals surface area contributed by atoms with E-state index in [2.05, 4.69) is 0 Å². The Morgan fingerprint density at radius 1 is 1.42 bits per heavy atom. The molecule has 0 spiro atoms. The van der Waals surface area contributed by atoms with E-state index >= 15 is 0 Å². The van der Waals surface area contributed by atoms with Crippen LogP contribution in [0, 0.1) is 6.92 Å². The second kappa shape index (κ2) is 5.32. The molecule has 1 aromatic heterocycles. The van der Waals surface area contributed by atoms with Crippen LogP contribution in [0.3, 0.4) is 0 Å². The van der Waals surface area contributed by atoms with Crippen molar-refractivity contribution in [2.24, 2.45) is 0 Å². The molecule has 0 fully saturated rings. The Morgan fingerprint density at radius 2 is 2.16 bits per heavy atom. The van der Waals surface area contributed by atoms with Gasteiger partial charge in [-0.25, -0.2) is 4.79 Å². The Kier molecular flexibility index (Phi) is 3.76. The summed E-state index contributed by atoms with van der Waals surface area (Å²) in [6, 6.07) is 5.48. The molecule has 2 N–H and O–H groups in total. The zero-order chi connectivity index (χ0) is 14.0. The van der Waals surface area contributed by atoms with E-state index in [0.717, 1.165) is 16.7 Å². The molecule has 2 rings (SSSR count). The summed E-state index contributed by atoms with van der Waals surface area (Å²) in [6.45, 7) is 4.40. The maximum Gasteiger partial charge on any atom is 0.352 e. The number of rotatable bonds is 5. The highest BCUT2D eigenvalue weighted by Crippen LogP contribution is 2.29. The third-order valence-electron chi connectivity index (χ3n) is 3.13. The van der Waals surface area contributed by atoms with Gasteiger partial charge in [-0.3, -0.25) is 0 Å². The van der Waals surface area contributed by atoms with E-state index in [4.69, 9.17) is 9.84 Å². The van der Waals surface area contributed by atoms with Crippen LogP contribution in [-0.4, -0.2) is 34.0 Å². The molecule has 0 unspecified atom stereocenters. The van der Waals surface area contributed by atoms with Crippen molar-refractivity contribution >= 4 is 16.9 Å². The van der Waals surface area contributed by atoms with Crippen LogP contribution in [0.25, 0.3) is 10.9 Å². The van der Waals surface area contributed by atoms with Crippen molar-refractivity contribution in [1.82, 2.24) is 4.57 Å². The number of aromatic carboxylic acids is 1. The predicted molar refractivity (Wildman–Crippen MR) is 71.9 cm³/mol. The summed E-state index contributed by atoms with van der Waals surface area (Å²) in [5.74, 6) is -0.267. The average Bonchev–Trinajstić information content (AvgIpc) is 2.64. The largest absolute Gasteiger partial charge is 0.494 e. The van der Waals surface area contributed by atoms with Crippen LogP contribution >= 0.6 is 0 Å². The Balaban J connectivity index is 2.69. The molecule has 1 aromatic carbocycles. The van der Waals surface area contributed by atoms with Gasteiger partial charge in [0.15, 0.2) is 0 Å². The van der Waals surface area contributed by atoms with Gasteiger partial charge in [0.05, 0.1) is 13.2 Å². The van der Waals surface area contributed by atoms with E-state index in [0.29, 0.717) is 12.2 Å². The third-order valence-corrected chi connectivity index (χ3v) is 3.13. The maximum absolute atomic E-state index is 11.4. The molecule has 0 aliphatic heterocycles. The SMILES string of the molecule is CCOc1ccc2c(c1)c(C)c(C(=O)O)n2CCO. The lowest BCUT2D eigenvalue weighted by molar-refractivity contribution is 0.0683. The number of aromatic nitrogens is 1. The molecule has 19 heavy (non-hydrogen) atoms. The Bertz CT molecular complexity index is 615. The minimum absolute atomic E-state index is 0.100. The number of benzene rings is 1. The highest BCUT2D eigenvalue weighted by atomic mass is 16.5. The van der Waals surface area contributed by atoms with E-state index < -0.39 is 5.97 Å². The standard InChI is InChI=1S/C14H17NO4/c1-3-19-10-4-5-12-11(8-10)9(2)13(14(17)18)15(12)6-7-16/h4-5,8,16H,3,6-7H2,1-2H3,(H,17,18). The van der Waals surface area contributed by atoms with E-state index in [1.165, 1.54) is 0 Å². The monoisotopic (exact) mass is 263 g/mol. The summed E-state index contributed by atoms with van der Waals surface area (Å²) in [7, 11) is 0. The van der Waals surface area contributed by atoms with Crippen molar-refractivity contribution < 1.29 is 19.7 Å². The molecule has 0 atom stereocenters. The van der Waals surface area contributed by atoms with E-state index in [-0.39, 0.29) is 18.8 Å². The van der Waals surface area contributed by atoms with Crippen LogP contribution in [0.15, 0.2) is 18.2 Å². The highest BCUT2D eigenvalue weighted by Gasteiger charge is 2.19. The first-order chi connectivity index (χ1) is 9.10. The molecule has 102 valence electrons. The number of aliphatic hydroxyl groups is 1. The molecule has 2 aromatic rings. The molecule has 5 nitrogen and oxygen atoms in total. The van der Waals surface area contributed by atoms with Gasteiger partial charge < -0.3 is 19.5 Å². The van der Waals surface area contributed by atoms with Crippen molar-refractivity contribution in [1.29, 1.82) is 0 Å². The van der Waals surface area contributed by atoms with Gasteiger partial charge in [0.2, 0.25) is 0 Å². The van der Waals surface area contributed by atoms with Gasteiger partial charge in [-0.15, -0.1) is 0 Å². The van der Waals surface area contributed by atoms with Crippen LogP contribution in [0.5, 0.6) is 5.75 Å². The fourth-order valence-electron chi connectivity index (χ4n) is 2.37. The number of ether oxygens (including phenoxy) is 1. The van der Waals surface area contributed by atoms with Gasteiger partial charge in [0.25, 0.3) is 0 Å². The highest BCUT2D eigenvalue weighted by molar-refractivity contribution is 5.98. The van der Waals surface area contributed by atoms with Crippen molar-refractivity contribution in [3.8, 4) is 5.75 Å². The van der Waals surface area contributed by atoms with Crippen LogP contribution in [0.4, 0.5) is 0 Å². The minimum atomic E-state index is -0.986. The van der Waals surface area contributed by atoms with Crippen molar-refractivity contribution in [3.63, 3.8) is 0 Å². The van der Waals surface area contributed by atoms with E-state index in [1.807, 2.05) is 25.1 Å². The number of carboxylic acid groups (broad SMARTS) is 1. The fraction of sp³-hybridized carbons (Fsp3) is 0.357. The number of hydrogen-bond acceptors (Lipinski definition) is 3. The Morgan fingerprint density at radius 3 is 2.74 bits per heavy atom. The van der Waals surface area contributed by atoms with Crippen LogP contribution in [0.1, 0.15) is 23.0 Å². The third kappa shape index (κ3) is 2.29. The summed E-state index contributed by atoms with van der Waals surface area (Å²) in [5, 5.41) is 19.3. The average molecular weight is 263 g/mol. The first-order valence-corrected chi connectivity index (χ1v) is 6.20. The number of aryl methyl sites for hydroxylation is 1. The van der Waals surface area contributed by atoms with Crippen LogP contribution in [-0.2, 0) is 6.54 Å². The van der Waals surface area contributed by atoms with Crippen LogP contribution in [0.2, 0.25) is 0 Å². The molecule has 0 amide bonds. The van der Waals surface area contributed by atoms with E-state index in [9.17, 15) is 9.90 Å². The summed E-state index contributed by atoms with van der Waals surface area (Å²) in [6.07, 6.45) is 0. The molecule has 0 bridgehead atoms. The molecule has 0 aliphatic rings. The summed E-state index contributed by atoms with van der Waals surface area (Å²) in [4.78, 5) is 11.4.